The quantitative estimate of drug-likeness (QED) is 0.506. The largest absolute Gasteiger partial charge is 0.395 e. The van der Waals surface area contributed by atoms with Crippen LogP contribution in [0.2, 0.25) is 0 Å². The highest BCUT2D eigenvalue weighted by Crippen LogP contribution is 2.41. The van der Waals surface area contributed by atoms with Gasteiger partial charge in [-0.05, 0) is 30.7 Å². The van der Waals surface area contributed by atoms with Gasteiger partial charge in [-0.25, -0.2) is 14.6 Å². The van der Waals surface area contributed by atoms with Crippen molar-refractivity contribution in [1.82, 2.24) is 19.7 Å². The number of nitrogens with one attached hydrogen (secondary N) is 2. The number of benzene rings is 1. The summed E-state index contributed by atoms with van der Waals surface area (Å²) in [6, 6.07) is 9.81. The molecule has 2 aliphatic heterocycles. The monoisotopic (exact) mass is 461 g/mol. The van der Waals surface area contributed by atoms with Crippen molar-refractivity contribution in [2.75, 3.05) is 43.6 Å². The van der Waals surface area contributed by atoms with Crippen molar-refractivity contribution < 1.29 is 14.6 Å². The maximum Gasteiger partial charge on any atom is 0.228 e. The van der Waals surface area contributed by atoms with Gasteiger partial charge in [-0.15, -0.1) is 0 Å². The maximum atomic E-state index is 9.97. The molecule has 10 heteroatoms. The van der Waals surface area contributed by atoms with Crippen LogP contribution in [0.1, 0.15) is 23.7 Å². The van der Waals surface area contributed by atoms with Crippen LogP contribution >= 0.6 is 0 Å². The Kier molecular flexibility index (Phi) is 5.91. The first-order valence-corrected chi connectivity index (χ1v) is 11.3. The molecule has 2 aliphatic rings. The molecular weight excluding hydrogens is 434 g/mol. The number of fused-ring (bicyclic) bond motifs is 1. The number of anilines is 3. The number of rotatable bonds is 6. The molecule has 1 fully saturated rings. The molecule has 4 heterocycles. The molecule has 0 spiro atoms. The van der Waals surface area contributed by atoms with Crippen molar-refractivity contribution >= 4 is 17.5 Å². The van der Waals surface area contributed by atoms with Gasteiger partial charge >= 0.3 is 0 Å². The molecule has 0 radical (unpaired) electrons. The molecule has 1 unspecified atom stereocenters. The second-order valence-corrected chi connectivity index (χ2v) is 8.94. The van der Waals surface area contributed by atoms with Gasteiger partial charge in [-0.3, -0.25) is 0 Å². The zero-order valence-electron chi connectivity index (χ0n) is 19.2. The van der Waals surface area contributed by atoms with Crippen molar-refractivity contribution in [2.45, 2.75) is 31.9 Å². The van der Waals surface area contributed by atoms with Crippen LogP contribution in [-0.4, -0.2) is 63.9 Å². The number of aromatic nitrogens is 4. The third-order valence-electron chi connectivity index (χ3n) is 6.27. The predicted molar refractivity (Wildman–Crippen MR) is 126 cm³/mol. The Bertz CT molecular complexity index is 1250. The summed E-state index contributed by atoms with van der Waals surface area (Å²) >= 11 is 0. The van der Waals surface area contributed by atoms with E-state index < -0.39 is 5.41 Å². The Morgan fingerprint density at radius 3 is 3.00 bits per heavy atom. The van der Waals surface area contributed by atoms with E-state index in [1.165, 1.54) is 0 Å². The highest BCUT2D eigenvalue weighted by atomic mass is 16.6. The Labute approximate surface area is 197 Å². The minimum absolute atomic E-state index is 0.0169. The lowest BCUT2D eigenvalue weighted by Gasteiger charge is -2.23. The summed E-state index contributed by atoms with van der Waals surface area (Å²) in [4.78, 5) is 9.08. The number of hydrogen-bond acceptors (Lipinski definition) is 9. The fraction of sp³-hybridized carbons (Fsp3) is 0.417. The van der Waals surface area contributed by atoms with Gasteiger partial charge < -0.3 is 25.2 Å². The maximum absolute atomic E-state index is 9.97. The molecule has 3 N–H and O–H groups in total. The molecule has 176 valence electrons. The Balaban J connectivity index is 1.44. The second kappa shape index (κ2) is 9.02. The molecule has 10 nitrogen and oxygen atoms in total. The molecule has 0 amide bonds. The van der Waals surface area contributed by atoms with Crippen molar-refractivity contribution in [3.8, 4) is 17.3 Å². The van der Waals surface area contributed by atoms with Gasteiger partial charge in [0.1, 0.15) is 18.0 Å². The Hall–Kier alpha value is -3.52. The molecule has 2 atom stereocenters. The average molecular weight is 462 g/mol. The fourth-order valence-corrected chi connectivity index (χ4v) is 4.38. The summed E-state index contributed by atoms with van der Waals surface area (Å²) in [5.74, 6) is 1.18. The predicted octanol–water partition coefficient (Wildman–Crippen LogP) is 2.35. The van der Waals surface area contributed by atoms with Gasteiger partial charge in [0.05, 0.1) is 55.6 Å². The molecule has 1 aromatic carbocycles. The van der Waals surface area contributed by atoms with E-state index in [2.05, 4.69) is 26.8 Å². The number of hydrogen-bond donors (Lipinski definition) is 3. The van der Waals surface area contributed by atoms with E-state index in [-0.39, 0.29) is 12.7 Å². The number of ether oxygens (including phenoxy) is 2. The standard InChI is InChI=1S/C24H27N7O3/c1-15-7-21(31(30-15)11-18-12-33-5-6-34-18)29-23-26-4-3-20(28-23)16-8-17(10-25)22-19(9-16)24(2,14-32)13-27-22/h3-4,7-9,18,27,32H,5-6,11-14H2,1-2H3,(H,26,28,29)/t18?,24-/m1/s1. The van der Waals surface area contributed by atoms with E-state index >= 15 is 0 Å². The molecule has 34 heavy (non-hydrogen) atoms. The van der Waals surface area contributed by atoms with E-state index in [1.54, 1.807) is 6.20 Å². The molecule has 0 bridgehead atoms. The van der Waals surface area contributed by atoms with E-state index in [9.17, 15) is 10.4 Å². The first-order chi connectivity index (χ1) is 16.5. The minimum Gasteiger partial charge on any atom is -0.395 e. The van der Waals surface area contributed by atoms with Crippen molar-refractivity contribution in [3.63, 3.8) is 0 Å². The normalized spacial score (nSPS) is 21.5. The van der Waals surface area contributed by atoms with Gasteiger partial charge in [0, 0.05) is 29.8 Å². The van der Waals surface area contributed by atoms with Crippen LogP contribution < -0.4 is 10.6 Å². The number of nitriles is 1. The smallest absolute Gasteiger partial charge is 0.228 e. The molecule has 3 aromatic rings. The Morgan fingerprint density at radius 2 is 2.24 bits per heavy atom. The Morgan fingerprint density at radius 1 is 1.35 bits per heavy atom. The van der Waals surface area contributed by atoms with E-state index in [4.69, 9.17) is 14.5 Å². The van der Waals surface area contributed by atoms with Gasteiger partial charge in [-0.2, -0.15) is 10.4 Å². The van der Waals surface area contributed by atoms with Crippen LogP contribution in [0.5, 0.6) is 0 Å². The summed E-state index contributed by atoms with van der Waals surface area (Å²) in [6.45, 7) is 6.75. The third-order valence-corrected chi connectivity index (χ3v) is 6.27. The first-order valence-electron chi connectivity index (χ1n) is 11.3. The van der Waals surface area contributed by atoms with Gasteiger partial charge in [0.2, 0.25) is 5.95 Å². The molecular formula is C24H27N7O3. The summed E-state index contributed by atoms with van der Waals surface area (Å²) in [6.07, 6.45) is 1.62. The number of aliphatic hydroxyl groups is 1. The summed E-state index contributed by atoms with van der Waals surface area (Å²) < 4.78 is 13.1. The lowest BCUT2D eigenvalue weighted by atomic mass is 9.83. The SMILES string of the molecule is Cc1cc(Nc2nccc(-c3cc(C#N)c4c(c3)[C@@](C)(CO)CN4)n2)n(CC2COCCO2)n1. The van der Waals surface area contributed by atoms with Crippen molar-refractivity contribution in [1.29, 1.82) is 5.26 Å². The van der Waals surface area contributed by atoms with E-state index in [0.717, 1.165) is 28.3 Å². The number of aliphatic hydroxyl groups excluding tert-OH is 1. The second-order valence-electron chi connectivity index (χ2n) is 8.94. The van der Waals surface area contributed by atoms with Crippen LogP contribution in [0.15, 0.2) is 30.5 Å². The van der Waals surface area contributed by atoms with Gasteiger partial charge in [-0.1, -0.05) is 6.92 Å². The lowest BCUT2D eigenvalue weighted by Crippen LogP contribution is -2.32. The topological polar surface area (TPSA) is 130 Å². The van der Waals surface area contributed by atoms with Crippen LogP contribution in [0.25, 0.3) is 11.3 Å². The molecule has 5 rings (SSSR count). The van der Waals surface area contributed by atoms with Gasteiger partial charge in [0.15, 0.2) is 0 Å². The van der Waals surface area contributed by atoms with Gasteiger partial charge in [0.25, 0.3) is 0 Å². The zero-order chi connectivity index (χ0) is 23.7. The average Bonchev–Trinajstić information content (AvgIpc) is 3.38. The molecule has 2 aromatic heterocycles. The third kappa shape index (κ3) is 4.21. The summed E-state index contributed by atoms with van der Waals surface area (Å²) in [5, 5.41) is 30.8. The number of aryl methyl sites for hydroxylation is 1. The lowest BCUT2D eigenvalue weighted by molar-refractivity contribution is -0.0944. The van der Waals surface area contributed by atoms with Crippen LogP contribution in [0, 0.1) is 18.3 Å². The van der Waals surface area contributed by atoms with Crippen LogP contribution in [0.4, 0.5) is 17.5 Å². The van der Waals surface area contributed by atoms with Crippen molar-refractivity contribution in [3.05, 3.63) is 47.3 Å². The fourth-order valence-electron chi connectivity index (χ4n) is 4.38. The van der Waals surface area contributed by atoms with E-state index in [1.807, 2.05) is 42.8 Å². The molecule has 0 saturated carbocycles. The van der Waals surface area contributed by atoms with Crippen molar-refractivity contribution in [2.24, 2.45) is 0 Å². The molecule has 0 aliphatic carbocycles. The van der Waals surface area contributed by atoms with E-state index in [0.29, 0.717) is 50.1 Å². The number of nitrogens with zero attached hydrogens (tertiary/aromatic N) is 5. The zero-order valence-corrected chi connectivity index (χ0v) is 19.2. The summed E-state index contributed by atoms with van der Waals surface area (Å²) in [7, 11) is 0. The summed E-state index contributed by atoms with van der Waals surface area (Å²) in [5.41, 5.74) is 4.10. The highest BCUT2D eigenvalue weighted by Gasteiger charge is 2.36. The molecule has 1 saturated heterocycles. The minimum atomic E-state index is -0.458. The highest BCUT2D eigenvalue weighted by molar-refractivity contribution is 5.76. The first kappa shape index (κ1) is 22.3. The van der Waals surface area contributed by atoms with Crippen LogP contribution in [0.3, 0.4) is 0 Å². The van der Waals surface area contributed by atoms with Crippen LogP contribution in [-0.2, 0) is 21.4 Å².